The minimum absolute atomic E-state index is 0. The average molecular weight is 596 g/mol. The van der Waals surface area contributed by atoms with Gasteiger partial charge in [0.15, 0.2) is 0 Å². The van der Waals surface area contributed by atoms with Crippen LogP contribution < -0.4 is 48.5 Å². The van der Waals surface area contributed by atoms with E-state index in [9.17, 15) is 13.0 Å². The molecule has 9 nitrogen and oxygen atoms in total. The van der Waals surface area contributed by atoms with E-state index in [0.29, 0.717) is 79.1 Å². The molecular weight excluding hydrogens is 559 g/mol. The van der Waals surface area contributed by atoms with Crippen LogP contribution in [-0.2, 0) is 19.6 Å². The van der Waals surface area contributed by atoms with E-state index in [0.717, 1.165) is 5.56 Å². The van der Waals surface area contributed by atoms with Crippen LogP contribution in [0.5, 0.6) is 23.0 Å². The number of rotatable bonds is 16. The van der Waals surface area contributed by atoms with E-state index in [-0.39, 0.29) is 42.6 Å². The average Bonchev–Trinajstić information content (AvgIpc) is 2.91. The van der Waals surface area contributed by atoms with Gasteiger partial charge in [-0.05, 0) is 38.0 Å². The van der Waals surface area contributed by atoms with Crippen LogP contribution in [0.4, 0.5) is 0 Å². The monoisotopic (exact) mass is 595 g/mol. The maximum Gasteiger partial charge on any atom is 1.00 e. The molecule has 0 aliphatic carbocycles. The fourth-order valence-corrected chi connectivity index (χ4v) is 3.84. The molecule has 0 heterocycles. The second-order valence-corrected chi connectivity index (χ2v) is 9.96. The van der Waals surface area contributed by atoms with Crippen LogP contribution in [0.1, 0.15) is 42.0 Å². The molecule has 0 aliphatic rings. The first-order valence-corrected chi connectivity index (χ1v) is 14.3. The quantitative estimate of drug-likeness (QED) is 0.0912. The minimum atomic E-state index is -4.31. The number of benzene rings is 2. The third-order valence-electron chi connectivity index (χ3n) is 5.24. The zero-order chi connectivity index (χ0) is 29.4. The summed E-state index contributed by atoms with van der Waals surface area (Å²) in [6, 6.07) is 7.08. The van der Waals surface area contributed by atoms with Gasteiger partial charge in [0.2, 0.25) is 0 Å². The Morgan fingerprint density at radius 2 is 1.20 bits per heavy atom. The standard InChI is InChI=1S/C30H37O9S.Na/c1-6-9-24-21-30(39-17-15-35-5)26(22-29(24)38-16-14-34-4)11-10-25-20-27(37-13-8-18-40(31,32)33)23(3)19-28(25)36-12-7-2;/h19-22H,2,7-8,12-18H2,1,3-5H3,(H,31,32,33);/q-1;+1/p-1. The Morgan fingerprint density at radius 3 is 1.68 bits per heavy atom. The van der Waals surface area contributed by atoms with Crippen molar-refractivity contribution < 1.29 is 70.9 Å². The molecule has 41 heavy (non-hydrogen) atoms. The molecular formula is C30H36NaO9S-. The van der Waals surface area contributed by atoms with E-state index < -0.39 is 15.9 Å². The van der Waals surface area contributed by atoms with Gasteiger partial charge in [0.25, 0.3) is 0 Å². The SMILES string of the molecule is [CH2-]CCOc1cc(C)c(OCCCS(=O)(=O)[O-])cc1C#Cc1cc(OCCOC)c(C#CC)cc1OCCOC.[Na+]. The van der Waals surface area contributed by atoms with Crippen molar-refractivity contribution in [2.24, 2.45) is 0 Å². The van der Waals surface area contributed by atoms with Crippen molar-refractivity contribution in [1.29, 1.82) is 0 Å². The van der Waals surface area contributed by atoms with Crippen LogP contribution in [0.15, 0.2) is 24.3 Å². The van der Waals surface area contributed by atoms with Crippen LogP contribution in [0.2, 0.25) is 0 Å². The van der Waals surface area contributed by atoms with Gasteiger partial charge >= 0.3 is 29.6 Å². The Hall–Kier alpha value is -2.41. The van der Waals surface area contributed by atoms with Gasteiger partial charge in [0.1, 0.15) is 36.2 Å². The van der Waals surface area contributed by atoms with Crippen LogP contribution in [0.25, 0.3) is 0 Å². The third-order valence-corrected chi connectivity index (χ3v) is 6.03. The molecule has 2 aromatic rings. The van der Waals surface area contributed by atoms with E-state index in [1.165, 1.54) is 0 Å². The van der Waals surface area contributed by atoms with Crippen molar-refractivity contribution in [3.63, 3.8) is 0 Å². The van der Waals surface area contributed by atoms with E-state index >= 15 is 0 Å². The molecule has 0 aliphatic heterocycles. The molecule has 11 heteroatoms. The van der Waals surface area contributed by atoms with Crippen molar-refractivity contribution >= 4 is 10.1 Å². The predicted octanol–water partition coefficient (Wildman–Crippen LogP) is 0.738. The molecule has 0 bridgehead atoms. The van der Waals surface area contributed by atoms with Crippen molar-refractivity contribution in [2.75, 3.05) is 59.6 Å². The number of ether oxygens (including phenoxy) is 6. The molecule has 0 saturated heterocycles. The molecule has 0 radical (unpaired) electrons. The normalized spacial score (nSPS) is 10.4. The van der Waals surface area contributed by atoms with Gasteiger partial charge in [-0.3, -0.25) is 0 Å². The second kappa shape index (κ2) is 19.7. The maximum atomic E-state index is 10.9. The molecule has 218 valence electrons. The second-order valence-electron chi connectivity index (χ2n) is 8.43. The fraction of sp³-hybridized carbons (Fsp3) is 0.433. The zero-order valence-corrected chi connectivity index (χ0v) is 27.3. The van der Waals surface area contributed by atoms with E-state index in [1.54, 1.807) is 45.4 Å². The molecule has 2 rings (SSSR count). The van der Waals surface area contributed by atoms with Crippen LogP contribution >= 0.6 is 0 Å². The zero-order valence-electron chi connectivity index (χ0n) is 24.5. The first kappa shape index (κ1) is 36.6. The van der Waals surface area contributed by atoms with E-state index in [4.69, 9.17) is 28.4 Å². The number of aryl methyl sites for hydroxylation is 1. The molecule has 0 aromatic heterocycles. The molecule has 0 atom stereocenters. The molecule has 0 unspecified atom stereocenters. The van der Waals surface area contributed by atoms with Crippen LogP contribution in [0, 0.1) is 37.5 Å². The fourth-order valence-electron chi connectivity index (χ4n) is 3.37. The summed E-state index contributed by atoms with van der Waals surface area (Å²) >= 11 is 0. The maximum absolute atomic E-state index is 10.9. The van der Waals surface area contributed by atoms with E-state index in [2.05, 4.69) is 30.6 Å². The summed E-state index contributed by atoms with van der Waals surface area (Å²) < 4.78 is 66.4. The molecule has 0 fully saturated rings. The van der Waals surface area contributed by atoms with Crippen LogP contribution in [0.3, 0.4) is 0 Å². The summed E-state index contributed by atoms with van der Waals surface area (Å²) in [5.41, 5.74) is 2.54. The van der Waals surface area contributed by atoms with Gasteiger partial charge < -0.3 is 39.9 Å². The first-order chi connectivity index (χ1) is 19.2. The van der Waals surface area contributed by atoms with Gasteiger partial charge in [0, 0.05) is 32.1 Å². The van der Waals surface area contributed by atoms with Crippen molar-refractivity contribution in [3.8, 4) is 46.7 Å². The number of methoxy groups -OCH3 is 2. The summed E-state index contributed by atoms with van der Waals surface area (Å²) in [5, 5.41) is 0. The minimum Gasteiger partial charge on any atom is -0.748 e. The smallest absolute Gasteiger partial charge is 0.748 e. The van der Waals surface area contributed by atoms with Crippen molar-refractivity contribution in [2.45, 2.75) is 26.7 Å². The molecule has 0 saturated carbocycles. The molecule has 0 amide bonds. The molecule has 0 N–H and O–H groups in total. The Morgan fingerprint density at radius 1 is 0.732 bits per heavy atom. The summed E-state index contributed by atoms with van der Waals surface area (Å²) in [5.74, 6) is 13.9. The topological polar surface area (TPSA) is 113 Å². The first-order valence-electron chi connectivity index (χ1n) is 12.7. The summed E-state index contributed by atoms with van der Waals surface area (Å²) in [6.45, 7) is 9.30. The Balaban J connectivity index is 0.00000840. The van der Waals surface area contributed by atoms with Crippen molar-refractivity contribution in [1.82, 2.24) is 0 Å². The van der Waals surface area contributed by atoms with Gasteiger partial charge in [-0.25, -0.2) is 8.42 Å². The Kier molecular flexibility index (Phi) is 17.6. The van der Waals surface area contributed by atoms with Gasteiger partial charge in [-0.15, -0.1) is 12.3 Å². The summed E-state index contributed by atoms with van der Waals surface area (Å²) in [7, 11) is -1.12. The predicted molar refractivity (Wildman–Crippen MR) is 151 cm³/mol. The Labute approximate surface area is 266 Å². The van der Waals surface area contributed by atoms with Gasteiger partial charge in [0.05, 0.1) is 53.2 Å². The number of hydrogen-bond donors (Lipinski definition) is 0. The number of hydrogen-bond acceptors (Lipinski definition) is 9. The Bertz CT molecular complexity index is 1340. The third kappa shape index (κ3) is 13.4. The van der Waals surface area contributed by atoms with Gasteiger partial charge in [-0.2, -0.15) is 0 Å². The largest absolute Gasteiger partial charge is 1.00 e. The molecule has 0 spiro atoms. The molecule has 2 aromatic carbocycles. The van der Waals surface area contributed by atoms with E-state index in [1.807, 2.05) is 6.92 Å². The van der Waals surface area contributed by atoms with Crippen molar-refractivity contribution in [3.05, 3.63) is 53.4 Å². The summed E-state index contributed by atoms with van der Waals surface area (Å²) in [4.78, 5) is 0. The summed E-state index contributed by atoms with van der Waals surface area (Å²) in [6.07, 6.45) is 0.639. The van der Waals surface area contributed by atoms with Crippen LogP contribution in [-0.4, -0.2) is 72.6 Å². The van der Waals surface area contributed by atoms with Gasteiger partial charge in [-0.1, -0.05) is 17.8 Å².